The van der Waals surface area contributed by atoms with E-state index < -0.39 is 6.04 Å². The van der Waals surface area contributed by atoms with E-state index in [1.165, 1.54) is 0 Å². The molecule has 0 radical (unpaired) electrons. The topological polar surface area (TPSA) is 55.1 Å². The van der Waals surface area contributed by atoms with Crippen LogP contribution in [0.25, 0.3) is 0 Å². The van der Waals surface area contributed by atoms with Crippen molar-refractivity contribution in [3.05, 3.63) is 0 Å². The van der Waals surface area contributed by atoms with E-state index >= 15 is 0 Å². The molecular weight excluding hydrogens is 212 g/mol. The van der Waals surface area contributed by atoms with Crippen molar-refractivity contribution in [3.8, 4) is 0 Å². The lowest BCUT2D eigenvalue weighted by Gasteiger charge is -2.27. The average molecular weight is 237 g/mol. The van der Waals surface area contributed by atoms with E-state index in [1.807, 2.05) is 20.8 Å². The molecule has 0 fully saturated rings. The van der Waals surface area contributed by atoms with Crippen molar-refractivity contribution in [2.45, 2.75) is 47.6 Å². The standard InChI is InChI=1S/C11H24N2O.ClH/c1-10(2,3)7-13-9(14)8(12)11(4,5)6;/h8H,7,12H2,1-6H3,(H,13,14);1H/t8-;/m1./s1. The summed E-state index contributed by atoms with van der Waals surface area (Å²) in [6.45, 7) is 12.8. The first-order valence-corrected chi connectivity index (χ1v) is 5.07. The summed E-state index contributed by atoms with van der Waals surface area (Å²) in [7, 11) is 0. The average Bonchev–Trinajstić information content (AvgIpc) is 1.95. The molecule has 0 saturated heterocycles. The van der Waals surface area contributed by atoms with Crippen molar-refractivity contribution < 1.29 is 4.79 Å². The number of nitrogens with two attached hydrogens (primary N) is 1. The SMILES string of the molecule is CC(C)(C)CNC(=O)[C@@H](N)C(C)(C)C.Cl. The zero-order valence-electron chi connectivity index (χ0n) is 10.7. The van der Waals surface area contributed by atoms with Crippen LogP contribution in [0, 0.1) is 10.8 Å². The first-order chi connectivity index (χ1) is 6.04. The van der Waals surface area contributed by atoms with Gasteiger partial charge in [-0.25, -0.2) is 0 Å². The quantitative estimate of drug-likeness (QED) is 0.770. The molecule has 0 bridgehead atoms. The van der Waals surface area contributed by atoms with E-state index in [9.17, 15) is 4.79 Å². The van der Waals surface area contributed by atoms with E-state index in [0.717, 1.165) is 0 Å². The highest BCUT2D eigenvalue weighted by molar-refractivity contribution is 5.85. The number of hydrogen-bond donors (Lipinski definition) is 2. The second-order valence-electron chi connectivity index (χ2n) is 6.12. The molecule has 4 heteroatoms. The molecule has 15 heavy (non-hydrogen) atoms. The summed E-state index contributed by atoms with van der Waals surface area (Å²) in [5.41, 5.74) is 5.74. The molecule has 0 aromatic heterocycles. The normalized spacial score (nSPS) is 14.1. The second kappa shape index (κ2) is 5.71. The number of nitrogens with one attached hydrogen (secondary N) is 1. The lowest BCUT2D eigenvalue weighted by molar-refractivity contribution is -0.124. The predicted octanol–water partition coefficient (Wildman–Crippen LogP) is 1.94. The molecule has 92 valence electrons. The molecule has 0 aromatic rings. The molecule has 3 nitrogen and oxygen atoms in total. The van der Waals surface area contributed by atoms with E-state index in [0.29, 0.717) is 6.54 Å². The van der Waals surface area contributed by atoms with Gasteiger partial charge >= 0.3 is 0 Å². The Balaban J connectivity index is 0. The van der Waals surface area contributed by atoms with Gasteiger partial charge in [-0.1, -0.05) is 41.5 Å². The summed E-state index contributed by atoms with van der Waals surface area (Å²) in [6, 6.07) is -0.440. The minimum atomic E-state index is -0.440. The van der Waals surface area contributed by atoms with Gasteiger partial charge in [0.15, 0.2) is 0 Å². The Morgan fingerprint density at radius 3 is 1.87 bits per heavy atom. The van der Waals surface area contributed by atoms with Gasteiger partial charge in [0.2, 0.25) is 5.91 Å². The van der Waals surface area contributed by atoms with Gasteiger partial charge in [-0.2, -0.15) is 0 Å². The van der Waals surface area contributed by atoms with Crippen molar-refractivity contribution in [2.24, 2.45) is 16.6 Å². The minimum absolute atomic E-state index is 0. The Labute approximate surface area is 99.6 Å². The van der Waals surface area contributed by atoms with E-state index in [4.69, 9.17) is 5.73 Å². The Hall–Kier alpha value is -0.280. The van der Waals surface area contributed by atoms with Crippen LogP contribution in [0.15, 0.2) is 0 Å². The highest BCUT2D eigenvalue weighted by Crippen LogP contribution is 2.17. The van der Waals surface area contributed by atoms with Crippen LogP contribution in [0.3, 0.4) is 0 Å². The van der Waals surface area contributed by atoms with Crippen molar-refractivity contribution in [1.82, 2.24) is 5.32 Å². The summed E-state index contributed by atoms with van der Waals surface area (Å²) in [5.74, 6) is -0.0626. The van der Waals surface area contributed by atoms with Gasteiger partial charge in [-0.05, 0) is 10.8 Å². The molecule has 0 heterocycles. The third-order valence-electron chi connectivity index (χ3n) is 2.01. The Kier molecular flexibility index (Phi) is 6.52. The molecule has 3 N–H and O–H groups in total. The minimum Gasteiger partial charge on any atom is -0.354 e. The van der Waals surface area contributed by atoms with Gasteiger partial charge in [0.1, 0.15) is 0 Å². The molecule has 1 atom stereocenters. The number of amides is 1. The highest BCUT2D eigenvalue weighted by atomic mass is 35.5. The smallest absolute Gasteiger partial charge is 0.237 e. The summed E-state index contributed by atoms with van der Waals surface area (Å²) in [5, 5.41) is 2.86. The number of rotatable bonds is 2. The molecule has 0 spiro atoms. The Morgan fingerprint density at radius 2 is 1.60 bits per heavy atom. The van der Waals surface area contributed by atoms with E-state index in [1.54, 1.807) is 0 Å². The molecule has 0 aliphatic heterocycles. The van der Waals surface area contributed by atoms with Crippen LogP contribution in [-0.2, 0) is 4.79 Å². The number of carbonyl (C=O) groups is 1. The second-order valence-corrected chi connectivity index (χ2v) is 6.12. The molecule has 1 amide bonds. The van der Waals surface area contributed by atoms with Crippen molar-refractivity contribution >= 4 is 18.3 Å². The van der Waals surface area contributed by atoms with Crippen molar-refractivity contribution in [3.63, 3.8) is 0 Å². The van der Waals surface area contributed by atoms with Gasteiger partial charge in [0.05, 0.1) is 6.04 Å². The molecule has 0 aliphatic rings. The van der Waals surface area contributed by atoms with E-state index in [2.05, 4.69) is 26.1 Å². The molecule has 0 saturated carbocycles. The largest absolute Gasteiger partial charge is 0.354 e. The maximum absolute atomic E-state index is 11.6. The molecule has 0 aromatic carbocycles. The van der Waals surface area contributed by atoms with Crippen molar-refractivity contribution in [2.75, 3.05) is 6.54 Å². The third-order valence-corrected chi connectivity index (χ3v) is 2.01. The monoisotopic (exact) mass is 236 g/mol. The van der Waals surface area contributed by atoms with Crippen LogP contribution in [0.4, 0.5) is 0 Å². The number of halogens is 1. The highest BCUT2D eigenvalue weighted by Gasteiger charge is 2.27. The predicted molar refractivity (Wildman–Crippen MR) is 67.1 cm³/mol. The lowest BCUT2D eigenvalue weighted by Crippen LogP contribution is -2.50. The summed E-state index contributed by atoms with van der Waals surface area (Å²) in [6.07, 6.45) is 0. The fraction of sp³-hybridized carbons (Fsp3) is 0.909. The Bertz CT molecular complexity index is 204. The molecular formula is C11H25ClN2O. The van der Waals surface area contributed by atoms with Gasteiger partial charge in [-0.3, -0.25) is 4.79 Å². The third kappa shape index (κ3) is 7.63. The van der Waals surface area contributed by atoms with Gasteiger partial charge in [0, 0.05) is 6.54 Å². The fourth-order valence-electron chi connectivity index (χ4n) is 0.856. The fourth-order valence-corrected chi connectivity index (χ4v) is 0.856. The van der Waals surface area contributed by atoms with Gasteiger partial charge in [0.25, 0.3) is 0 Å². The number of carbonyl (C=O) groups excluding carboxylic acids is 1. The summed E-state index contributed by atoms with van der Waals surface area (Å²) < 4.78 is 0. The molecule has 0 unspecified atom stereocenters. The van der Waals surface area contributed by atoms with Crippen molar-refractivity contribution in [1.29, 1.82) is 0 Å². The molecule has 0 rings (SSSR count). The van der Waals surface area contributed by atoms with Crippen LogP contribution in [-0.4, -0.2) is 18.5 Å². The maximum atomic E-state index is 11.6. The zero-order chi connectivity index (χ0) is 11.6. The Morgan fingerprint density at radius 1 is 1.20 bits per heavy atom. The summed E-state index contributed by atoms with van der Waals surface area (Å²) in [4.78, 5) is 11.6. The molecule has 0 aliphatic carbocycles. The number of hydrogen-bond acceptors (Lipinski definition) is 2. The van der Waals surface area contributed by atoms with Crippen LogP contribution in [0.2, 0.25) is 0 Å². The van der Waals surface area contributed by atoms with Crippen LogP contribution in [0.5, 0.6) is 0 Å². The lowest BCUT2D eigenvalue weighted by atomic mass is 9.86. The maximum Gasteiger partial charge on any atom is 0.237 e. The zero-order valence-corrected chi connectivity index (χ0v) is 11.5. The summed E-state index contributed by atoms with van der Waals surface area (Å²) >= 11 is 0. The van der Waals surface area contributed by atoms with Gasteiger partial charge in [-0.15, -0.1) is 12.4 Å². The van der Waals surface area contributed by atoms with Crippen LogP contribution >= 0.6 is 12.4 Å². The van der Waals surface area contributed by atoms with Crippen LogP contribution in [0.1, 0.15) is 41.5 Å². The van der Waals surface area contributed by atoms with Crippen LogP contribution < -0.4 is 11.1 Å². The van der Waals surface area contributed by atoms with E-state index in [-0.39, 0.29) is 29.1 Å². The first kappa shape index (κ1) is 17.1. The van der Waals surface area contributed by atoms with Gasteiger partial charge < -0.3 is 11.1 Å². The first-order valence-electron chi connectivity index (χ1n) is 5.07.